The fraction of sp³-hybridized carbons (Fsp3) is 0.467. The van der Waals surface area contributed by atoms with Gasteiger partial charge in [-0.05, 0) is 42.9 Å². The van der Waals surface area contributed by atoms with Gasteiger partial charge in [0.25, 0.3) is 0 Å². The Balaban J connectivity index is 3.04. The zero-order chi connectivity index (χ0) is 13.5. The molecular weight excluding hydrogens is 287 g/mol. The van der Waals surface area contributed by atoms with Crippen molar-refractivity contribution in [3.63, 3.8) is 0 Å². The number of rotatable bonds is 6. The van der Waals surface area contributed by atoms with E-state index in [4.69, 9.17) is 34.8 Å². The van der Waals surface area contributed by atoms with Crippen LogP contribution in [0.2, 0.25) is 15.1 Å². The molecule has 0 N–H and O–H groups in total. The van der Waals surface area contributed by atoms with Crippen LogP contribution in [0.3, 0.4) is 0 Å². The molecule has 1 aromatic carbocycles. The first kappa shape index (κ1) is 15.9. The maximum atomic E-state index is 6.30. The van der Waals surface area contributed by atoms with Gasteiger partial charge in [0.2, 0.25) is 0 Å². The highest BCUT2D eigenvalue weighted by Crippen LogP contribution is 2.40. The van der Waals surface area contributed by atoms with Crippen LogP contribution in [0.5, 0.6) is 0 Å². The fourth-order valence-electron chi connectivity index (χ4n) is 2.07. The molecule has 0 saturated carbocycles. The molecule has 0 heterocycles. The number of hydrogen-bond donors (Lipinski definition) is 0. The van der Waals surface area contributed by atoms with Crippen molar-refractivity contribution in [2.75, 3.05) is 0 Å². The van der Waals surface area contributed by atoms with Crippen molar-refractivity contribution in [3.8, 4) is 0 Å². The van der Waals surface area contributed by atoms with Crippen molar-refractivity contribution >= 4 is 34.8 Å². The van der Waals surface area contributed by atoms with Gasteiger partial charge in [0, 0.05) is 5.02 Å². The summed E-state index contributed by atoms with van der Waals surface area (Å²) in [6.07, 6.45) is 8.55. The average Bonchev–Trinajstić information content (AvgIpc) is 2.35. The summed E-state index contributed by atoms with van der Waals surface area (Å²) in [4.78, 5) is 0. The molecule has 3 heteroatoms. The Morgan fingerprint density at radius 2 is 1.72 bits per heavy atom. The van der Waals surface area contributed by atoms with Crippen molar-refractivity contribution < 1.29 is 0 Å². The number of halogens is 3. The van der Waals surface area contributed by atoms with Gasteiger partial charge in [-0.1, -0.05) is 67.2 Å². The zero-order valence-electron chi connectivity index (χ0n) is 10.8. The van der Waals surface area contributed by atoms with Gasteiger partial charge in [-0.2, -0.15) is 0 Å². The Morgan fingerprint density at radius 1 is 1.06 bits per heavy atom. The molecule has 0 amide bonds. The Kier molecular flexibility index (Phi) is 7.14. The van der Waals surface area contributed by atoms with Crippen LogP contribution in [-0.4, -0.2) is 0 Å². The first-order valence-corrected chi connectivity index (χ1v) is 7.53. The van der Waals surface area contributed by atoms with Crippen molar-refractivity contribution in [2.45, 2.75) is 45.4 Å². The van der Waals surface area contributed by atoms with Crippen LogP contribution in [0.25, 0.3) is 0 Å². The minimum atomic E-state index is 0.344. The lowest BCUT2D eigenvalue weighted by Gasteiger charge is -2.18. The third-order valence-electron chi connectivity index (χ3n) is 2.95. The summed E-state index contributed by atoms with van der Waals surface area (Å²) in [7, 11) is 0. The SMILES string of the molecule is CC/C=C\CC(CCC)c1c(Cl)ccc(Cl)c1Cl. The molecule has 0 aliphatic rings. The maximum Gasteiger partial charge on any atom is 0.0642 e. The molecule has 0 saturated heterocycles. The molecule has 0 fully saturated rings. The van der Waals surface area contributed by atoms with Crippen LogP contribution in [0.1, 0.15) is 51.0 Å². The third-order valence-corrected chi connectivity index (χ3v) is 4.10. The van der Waals surface area contributed by atoms with Gasteiger partial charge in [-0.3, -0.25) is 0 Å². The predicted octanol–water partition coefficient (Wildman–Crippen LogP) is 6.89. The Bertz CT molecular complexity index is 410. The van der Waals surface area contributed by atoms with Crippen molar-refractivity contribution in [1.29, 1.82) is 0 Å². The normalized spacial score (nSPS) is 13.2. The van der Waals surface area contributed by atoms with E-state index in [0.29, 0.717) is 21.0 Å². The summed E-state index contributed by atoms with van der Waals surface area (Å²) in [6, 6.07) is 3.58. The lowest BCUT2D eigenvalue weighted by Crippen LogP contribution is -2.00. The lowest BCUT2D eigenvalue weighted by molar-refractivity contribution is 0.620. The fourth-order valence-corrected chi connectivity index (χ4v) is 2.92. The molecule has 0 aromatic heterocycles. The first-order valence-electron chi connectivity index (χ1n) is 6.40. The maximum absolute atomic E-state index is 6.30. The summed E-state index contributed by atoms with van der Waals surface area (Å²) in [5.41, 5.74) is 0.994. The van der Waals surface area contributed by atoms with Gasteiger partial charge in [-0.15, -0.1) is 0 Å². The van der Waals surface area contributed by atoms with Crippen LogP contribution < -0.4 is 0 Å². The molecule has 1 unspecified atom stereocenters. The zero-order valence-corrected chi connectivity index (χ0v) is 13.1. The van der Waals surface area contributed by atoms with Crippen LogP contribution in [0, 0.1) is 0 Å². The largest absolute Gasteiger partial charge is 0.0888 e. The number of benzene rings is 1. The molecule has 0 aliphatic heterocycles. The Hall–Kier alpha value is -0.170. The monoisotopic (exact) mass is 304 g/mol. The second kappa shape index (κ2) is 8.09. The Labute approximate surface area is 125 Å². The number of allylic oxidation sites excluding steroid dienone is 2. The molecule has 0 nitrogen and oxygen atoms in total. The van der Waals surface area contributed by atoms with E-state index in [0.717, 1.165) is 31.2 Å². The molecule has 18 heavy (non-hydrogen) atoms. The second-order valence-corrected chi connectivity index (χ2v) is 5.55. The van der Waals surface area contributed by atoms with Crippen LogP contribution >= 0.6 is 34.8 Å². The summed E-state index contributed by atoms with van der Waals surface area (Å²) in [5, 5.41) is 1.90. The topological polar surface area (TPSA) is 0 Å². The van der Waals surface area contributed by atoms with Crippen LogP contribution in [0.4, 0.5) is 0 Å². The van der Waals surface area contributed by atoms with E-state index < -0.39 is 0 Å². The summed E-state index contributed by atoms with van der Waals surface area (Å²) < 4.78 is 0. The lowest BCUT2D eigenvalue weighted by atomic mass is 9.91. The van der Waals surface area contributed by atoms with Crippen LogP contribution in [-0.2, 0) is 0 Å². The molecule has 1 rings (SSSR count). The molecule has 100 valence electrons. The Morgan fingerprint density at radius 3 is 2.33 bits per heavy atom. The van der Waals surface area contributed by atoms with Gasteiger partial charge >= 0.3 is 0 Å². The van der Waals surface area contributed by atoms with E-state index in [1.54, 1.807) is 6.07 Å². The van der Waals surface area contributed by atoms with Crippen molar-refractivity contribution in [3.05, 3.63) is 44.9 Å². The number of hydrogen-bond acceptors (Lipinski definition) is 0. The minimum absolute atomic E-state index is 0.344. The summed E-state index contributed by atoms with van der Waals surface area (Å²) >= 11 is 18.7. The molecule has 0 aliphatic carbocycles. The molecule has 1 atom stereocenters. The highest BCUT2D eigenvalue weighted by atomic mass is 35.5. The van der Waals surface area contributed by atoms with Gasteiger partial charge in [0.15, 0.2) is 0 Å². The molecular formula is C15H19Cl3. The van der Waals surface area contributed by atoms with E-state index >= 15 is 0 Å². The van der Waals surface area contributed by atoms with E-state index in [2.05, 4.69) is 26.0 Å². The molecule has 1 aromatic rings. The van der Waals surface area contributed by atoms with Gasteiger partial charge < -0.3 is 0 Å². The van der Waals surface area contributed by atoms with Gasteiger partial charge in [0.1, 0.15) is 0 Å². The third kappa shape index (κ3) is 4.19. The van der Waals surface area contributed by atoms with Crippen LogP contribution in [0.15, 0.2) is 24.3 Å². The molecule has 0 radical (unpaired) electrons. The minimum Gasteiger partial charge on any atom is -0.0888 e. The second-order valence-electron chi connectivity index (χ2n) is 4.36. The predicted molar refractivity (Wildman–Crippen MR) is 83.2 cm³/mol. The van der Waals surface area contributed by atoms with E-state index in [1.807, 2.05) is 6.07 Å². The molecule has 0 bridgehead atoms. The van der Waals surface area contributed by atoms with E-state index in [-0.39, 0.29) is 0 Å². The van der Waals surface area contributed by atoms with Gasteiger partial charge in [-0.25, -0.2) is 0 Å². The summed E-state index contributed by atoms with van der Waals surface area (Å²) in [5.74, 6) is 0.344. The quantitative estimate of drug-likeness (QED) is 0.396. The summed E-state index contributed by atoms with van der Waals surface area (Å²) in [6.45, 7) is 4.30. The standard InChI is InChI=1S/C15H19Cl3/c1-3-5-6-8-11(7-4-2)14-12(16)9-10-13(17)15(14)18/h5-6,9-11H,3-4,7-8H2,1-2H3/b6-5-. The highest BCUT2D eigenvalue weighted by Gasteiger charge is 2.18. The van der Waals surface area contributed by atoms with Gasteiger partial charge in [0.05, 0.1) is 10.0 Å². The molecule has 0 spiro atoms. The smallest absolute Gasteiger partial charge is 0.0642 e. The van der Waals surface area contributed by atoms with E-state index in [9.17, 15) is 0 Å². The highest BCUT2D eigenvalue weighted by molar-refractivity contribution is 6.44. The first-order chi connectivity index (χ1) is 8.61. The van der Waals surface area contributed by atoms with Crippen molar-refractivity contribution in [2.24, 2.45) is 0 Å². The van der Waals surface area contributed by atoms with E-state index in [1.165, 1.54) is 0 Å². The average molecular weight is 306 g/mol. The van der Waals surface area contributed by atoms with Crippen molar-refractivity contribution in [1.82, 2.24) is 0 Å².